The maximum atomic E-state index is 12.0. The molecule has 86 valence electrons. The number of hydrogen-bond donors (Lipinski definition) is 1. The van der Waals surface area contributed by atoms with E-state index in [0.29, 0.717) is 11.5 Å². The second-order valence-corrected chi connectivity index (χ2v) is 3.45. The van der Waals surface area contributed by atoms with Crippen LogP contribution in [-0.2, 0) is 4.74 Å². The number of alkyl halides is 2. The van der Waals surface area contributed by atoms with Crippen molar-refractivity contribution in [3.63, 3.8) is 0 Å². The smallest absolute Gasteiger partial charge is 0.261 e. The van der Waals surface area contributed by atoms with Gasteiger partial charge in [0, 0.05) is 6.04 Å². The summed E-state index contributed by atoms with van der Waals surface area (Å²) in [5.41, 5.74) is 5.63. The summed E-state index contributed by atoms with van der Waals surface area (Å²) in [7, 11) is 0. The van der Waals surface area contributed by atoms with E-state index in [2.05, 4.69) is 0 Å². The lowest BCUT2D eigenvalue weighted by Crippen LogP contribution is -2.28. The molecule has 2 atom stereocenters. The summed E-state index contributed by atoms with van der Waals surface area (Å²) in [4.78, 5) is 0. The molecule has 0 aliphatic carbocycles. The molecule has 5 heteroatoms. The van der Waals surface area contributed by atoms with Gasteiger partial charge in [-0.15, -0.1) is 0 Å². The van der Waals surface area contributed by atoms with Crippen molar-refractivity contribution in [3.8, 4) is 0 Å². The van der Waals surface area contributed by atoms with Crippen LogP contribution in [0.3, 0.4) is 0 Å². The van der Waals surface area contributed by atoms with Gasteiger partial charge in [-0.3, -0.25) is 0 Å². The molecule has 1 aromatic heterocycles. The second kappa shape index (κ2) is 5.23. The van der Waals surface area contributed by atoms with Crippen LogP contribution in [0.5, 0.6) is 0 Å². The summed E-state index contributed by atoms with van der Waals surface area (Å²) >= 11 is 0. The van der Waals surface area contributed by atoms with Crippen molar-refractivity contribution in [3.05, 3.63) is 23.7 Å². The lowest BCUT2D eigenvalue weighted by atomic mass is 10.1. The number of aryl methyl sites for hydroxylation is 1. The number of furan rings is 1. The predicted molar refractivity (Wildman–Crippen MR) is 51.8 cm³/mol. The van der Waals surface area contributed by atoms with Crippen molar-refractivity contribution in [2.45, 2.75) is 32.4 Å². The highest BCUT2D eigenvalue weighted by atomic mass is 19.3. The van der Waals surface area contributed by atoms with E-state index < -0.39 is 25.2 Å². The Hall–Kier alpha value is -0.940. The van der Waals surface area contributed by atoms with Crippen molar-refractivity contribution in [2.24, 2.45) is 5.73 Å². The summed E-state index contributed by atoms with van der Waals surface area (Å²) in [5, 5.41) is 0. The summed E-state index contributed by atoms with van der Waals surface area (Å²) in [6.45, 7) is 2.83. The lowest BCUT2D eigenvalue weighted by molar-refractivity contribution is -0.0405. The Morgan fingerprint density at radius 1 is 1.47 bits per heavy atom. The fraction of sp³-hybridized carbons (Fsp3) is 0.600. The van der Waals surface area contributed by atoms with Crippen molar-refractivity contribution >= 4 is 0 Å². The molecule has 0 spiro atoms. The molecule has 1 heterocycles. The van der Waals surface area contributed by atoms with E-state index in [1.165, 1.54) is 0 Å². The number of hydrogen-bond acceptors (Lipinski definition) is 3. The van der Waals surface area contributed by atoms with Gasteiger partial charge in [-0.1, -0.05) is 0 Å². The number of halogens is 2. The van der Waals surface area contributed by atoms with E-state index in [-0.39, 0.29) is 0 Å². The summed E-state index contributed by atoms with van der Waals surface area (Å²) < 4.78 is 34.3. The summed E-state index contributed by atoms with van der Waals surface area (Å²) in [5.74, 6) is 1.19. The predicted octanol–water partition coefficient (Wildman–Crippen LogP) is 2.26. The van der Waals surface area contributed by atoms with Gasteiger partial charge in [-0.25, -0.2) is 8.78 Å². The van der Waals surface area contributed by atoms with Crippen molar-refractivity contribution in [2.75, 3.05) is 6.61 Å². The van der Waals surface area contributed by atoms with Crippen molar-refractivity contribution in [1.29, 1.82) is 0 Å². The van der Waals surface area contributed by atoms with Crippen molar-refractivity contribution < 1.29 is 17.9 Å². The molecule has 0 saturated heterocycles. The maximum absolute atomic E-state index is 12.0. The maximum Gasteiger partial charge on any atom is 0.261 e. The van der Waals surface area contributed by atoms with Gasteiger partial charge in [-0.2, -0.15) is 0 Å². The Balaban J connectivity index is 2.66. The Morgan fingerprint density at radius 3 is 2.53 bits per heavy atom. The Morgan fingerprint density at radius 2 is 2.13 bits per heavy atom. The zero-order chi connectivity index (χ0) is 11.4. The minimum Gasteiger partial charge on any atom is -0.464 e. The molecular weight excluding hydrogens is 204 g/mol. The molecule has 0 fully saturated rings. The van der Waals surface area contributed by atoms with E-state index in [1.54, 1.807) is 26.0 Å². The molecule has 3 nitrogen and oxygen atoms in total. The first kappa shape index (κ1) is 12.1. The van der Waals surface area contributed by atoms with E-state index in [9.17, 15) is 8.78 Å². The minimum atomic E-state index is -2.50. The average Bonchev–Trinajstić information content (AvgIpc) is 2.51. The molecular formula is C10H15F2NO2. The summed E-state index contributed by atoms with van der Waals surface area (Å²) in [6.07, 6.45) is -3.12. The van der Waals surface area contributed by atoms with Gasteiger partial charge in [0.25, 0.3) is 6.43 Å². The second-order valence-electron chi connectivity index (χ2n) is 3.45. The first-order valence-electron chi connectivity index (χ1n) is 4.72. The van der Waals surface area contributed by atoms with Crippen LogP contribution >= 0.6 is 0 Å². The highest BCUT2D eigenvalue weighted by molar-refractivity contribution is 5.09. The highest BCUT2D eigenvalue weighted by Gasteiger charge is 2.21. The Bertz CT molecular complexity index is 299. The fourth-order valence-electron chi connectivity index (χ4n) is 1.28. The molecule has 1 aromatic rings. The highest BCUT2D eigenvalue weighted by Crippen LogP contribution is 2.23. The third-order valence-electron chi connectivity index (χ3n) is 1.92. The number of rotatable bonds is 5. The van der Waals surface area contributed by atoms with Crippen LogP contribution in [0.4, 0.5) is 8.78 Å². The largest absolute Gasteiger partial charge is 0.464 e. The molecule has 0 saturated carbocycles. The number of nitrogens with two attached hydrogens (primary N) is 1. The normalized spacial score (nSPS) is 15.6. The fourth-order valence-corrected chi connectivity index (χ4v) is 1.28. The number of ether oxygens (including phenoxy) is 1. The van der Waals surface area contributed by atoms with Crippen LogP contribution < -0.4 is 5.73 Å². The van der Waals surface area contributed by atoms with Crippen LogP contribution in [0.15, 0.2) is 16.5 Å². The van der Waals surface area contributed by atoms with Crippen molar-refractivity contribution in [1.82, 2.24) is 0 Å². The Kier molecular flexibility index (Phi) is 4.23. The SMILES string of the molecule is Cc1ccc(C(OCC(F)F)C(C)N)o1. The molecule has 2 unspecified atom stereocenters. The first-order chi connectivity index (χ1) is 7.00. The monoisotopic (exact) mass is 219 g/mol. The van der Waals surface area contributed by atoms with Gasteiger partial charge in [0.1, 0.15) is 24.2 Å². The van der Waals surface area contributed by atoms with Gasteiger partial charge in [0.2, 0.25) is 0 Å². The van der Waals surface area contributed by atoms with E-state index in [1.807, 2.05) is 0 Å². The third kappa shape index (κ3) is 3.60. The van der Waals surface area contributed by atoms with Crippen LogP contribution in [-0.4, -0.2) is 19.1 Å². The van der Waals surface area contributed by atoms with Crippen LogP contribution in [0.25, 0.3) is 0 Å². The molecule has 2 N–H and O–H groups in total. The van der Waals surface area contributed by atoms with Crippen LogP contribution in [0.2, 0.25) is 0 Å². The molecule has 0 aliphatic heterocycles. The van der Waals surface area contributed by atoms with Crippen LogP contribution in [0.1, 0.15) is 24.5 Å². The molecule has 15 heavy (non-hydrogen) atoms. The molecule has 0 bridgehead atoms. The topological polar surface area (TPSA) is 48.4 Å². The first-order valence-corrected chi connectivity index (χ1v) is 4.72. The van der Waals surface area contributed by atoms with E-state index >= 15 is 0 Å². The minimum absolute atomic E-state index is 0.394. The Labute approximate surface area is 87.2 Å². The molecule has 0 aromatic carbocycles. The van der Waals surface area contributed by atoms with Crippen LogP contribution in [0, 0.1) is 6.92 Å². The van der Waals surface area contributed by atoms with Gasteiger partial charge >= 0.3 is 0 Å². The zero-order valence-corrected chi connectivity index (χ0v) is 8.74. The summed E-state index contributed by atoms with van der Waals surface area (Å²) in [6, 6.07) is 3.04. The average molecular weight is 219 g/mol. The molecule has 1 rings (SSSR count). The van der Waals surface area contributed by atoms with E-state index in [0.717, 1.165) is 0 Å². The van der Waals surface area contributed by atoms with Gasteiger partial charge in [-0.05, 0) is 26.0 Å². The van der Waals surface area contributed by atoms with Gasteiger partial charge in [0.05, 0.1) is 0 Å². The molecule has 0 amide bonds. The van der Waals surface area contributed by atoms with E-state index in [4.69, 9.17) is 14.9 Å². The molecule has 0 radical (unpaired) electrons. The zero-order valence-electron chi connectivity index (χ0n) is 8.74. The van der Waals surface area contributed by atoms with Gasteiger partial charge in [0.15, 0.2) is 0 Å². The van der Waals surface area contributed by atoms with Gasteiger partial charge < -0.3 is 14.9 Å². The standard InChI is InChI=1S/C10H15F2NO2/c1-6-3-4-8(15-6)10(7(2)13)14-5-9(11)12/h3-4,7,9-10H,5,13H2,1-2H3. The quantitative estimate of drug-likeness (QED) is 0.826. The lowest BCUT2D eigenvalue weighted by Gasteiger charge is -2.18. The molecule has 0 aliphatic rings. The third-order valence-corrected chi connectivity index (χ3v) is 1.92.